The van der Waals surface area contributed by atoms with Gasteiger partial charge in [0.2, 0.25) is 0 Å². The summed E-state index contributed by atoms with van der Waals surface area (Å²) in [5, 5.41) is 0. The molecule has 19 heavy (non-hydrogen) atoms. The lowest BCUT2D eigenvalue weighted by molar-refractivity contribution is -0.0951. The maximum atomic E-state index is 12.8. The predicted molar refractivity (Wildman–Crippen MR) is 68.1 cm³/mol. The number of benzene rings is 1. The van der Waals surface area contributed by atoms with Gasteiger partial charge in [-0.15, -0.1) is 0 Å². The Morgan fingerprint density at radius 1 is 1.26 bits per heavy atom. The van der Waals surface area contributed by atoms with Crippen LogP contribution in [0.5, 0.6) is 5.75 Å². The molecule has 0 spiro atoms. The molecule has 1 nitrogen and oxygen atoms in total. The minimum absolute atomic E-state index is 0.0342. The summed E-state index contributed by atoms with van der Waals surface area (Å²) in [6.07, 6.45) is -0.530. The molecule has 1 aromatic rings. The third-order valence-corrected chi connectivity index (χ3v) is 2.99. The van der Waals surface area contributed by atoms with E-state index in [0.29, 0.717) is 12.2 Å². The fraction of sp³-hybridized carbons (Fsp3) is 0.333. The molecular weight excluding hydrogens is 253 g/mol. The van der Waals surface area contributed by atoms with E-state index in [0.717, 1.165) is 5.56 Å². The van der Waals surface area contributed by atoms with Gasteiger partial charge in [0, 0.05) is 5.57 Å². The first-order chi connectivity index (χ1) is 8.97. The number of hydrogen-bond acceptors (Lipinski definition) is 1. The summed E-state index contributed by atoms with van der Waals surface area (Å²) in [6, 6.07) is 7.28. The molecule has 0 saturated carbocycles. The minimum atomic E-state index is -4.27. The average molecular weight is 268 g/mol. The van der Waals surface area contributed by atoms with E-state index in [9.17, 15) is 13.2 Å². The zero-order valence-electron chi connectivity index (χ0n) is 10.6. The molecule has 1 aliphatic carbocycles. The summed E-state index contributed by atoms with van der Waals surface area (Å²) >= 11 is 0. The Labute approximate surface area is 110 Å². The summed E-state index contributed by atoms with van der Waals surface area (Å²) < 4.78 is 43.9. The first-order valence-corrected chi connectivity index (χ1v) is 6.12. The van der Waals surface area contributed by atoms with Crippen LogP contribution in [0.4, 0.5) is 13.2 Å². The van der Waals surface area contributed by atoms with Crippen LogP contribution in [0.25, 0.3) is 0 Å². The van der Waals surface area contributed by atoms with E-state index in [2.05, 4.69) is 0 Å². The summed E-state index contributed by atoms with van der Waals surface area (Å²) in [5.41, 5.74) is 0.768. The van der Waals surface area contributed by atoms with Gasteiger partial charge in [-0.2, -0.15) is 13.2 Å². The van der Waals surface area contributed by atoms with Crippen LogP contribution < -0.4 is 4.74 Å². The molecule has 1 aliphatic rings. The number of ether oxygens (including phenoxy) is 1. The highest BCUT2D eigenvalue weighted by molar-refractivity contribution is 5.34. The van der Waals surface area contributed by atoms with Gasteiger partial charge in [-0.1, -0.05) is 24.3 Å². The molecule has 102 valence electrons. The molecule has 0 radical (unpaired) electrons. The fourth-order valence-electron chi connectivity index (χ4n) is 2.04. The smallest absolute Gasteiger partial charge is 0.413 e. The Morgan fingerprint density at radius 3 is 2.74 bits per heavy atom. The summed E-state index contributed by atoms with van der Waals surface area (Å²) in [6.45, 7) is 1.86. The zero-order valence-corrected chi connectivity index (χ0v) is 10.6. The van der Waals surface area contributed by atoms with Crippen molar-refractivity contribution >= 4 is 0 Å². The van der Waals surface area contributed by atoms with E-state index in [1.807, 2.05) is 19.1 Å². The largest absolute Gasteiger partial charge is 0.489 e. The SMILES string of the molecule is Cc1cccc(OCC2=C(C(F)(F)F)CCC=C2)c1. The van der Waals surface area contributed by atoms with Crippen LogP contribution in [0, 0.1) is 6.92 Å². The molecule has 0 heterocycles. The summed E-state index contributed by atoms with van der Waals surface area (Å²) in [5.74, 6) is 0.591. The lowest BCUT2D eigenvalue weighted by atomic mass is 9.97. The number of alkyl halides is 3. The molecule has 0 atom stereocenters. The van der Waals surface area contributed by atoms with E-state index >= 15 is 0 Å². The monoisotopic (exact) mass is 268 g/mol. The standard InChI is InChI=1S/C15H15F3O/c1-11-5-4-7-13(9-11)19-10-12-6-2-3-8-14(12)15(16,17)18/h2,4-7,9H,3,8,10H2,1H3. The molecule has 2 rings (SSSR count). The fourth-order valence-corrected chi connectivity index (χ4v) is 2.04. The molecule has 4 heteroatoms. The van der Waals surface area contributed by atoms with Gasteiger partial charge in [-0.3, -0.25) is 0 Å². The van der Waals surface area contributed by atoms with Gasteiger partial charge in [0.05, 0.1) is 0 Å². The van der Waals surface area contributed by atoms with Gasteiger partial charge in [0.25, 0.3) is 0 Å². The topological polar surface area (TPSA) is 9.23 Å². The highest BCUT2D eigenvalue weighted by atomic mass is 19.4. The van der Waals surface area contributed by atoms with Crippen LogP contribution in [0.1, 0.15) is 18.4 Å². The molecule has 0 unspecified atom stereocenters. The van der Waals surface area contributed by atoms with Crippen molar-refractivity contribution in [3.8, 4) is 5.75 Å². The van der Waals surface area contributed by atoms with Gasteiger partial charge in [0.1, 0.15) is 12.4 Å². The van der Waals surface area contributed by atoms with Crippen molar-refractivity contribution in [2.45, 2.75) is 25.9 Å². The number of hydrogen-bond donors (Lipinski definition) is 0. The second kappa shape index (κ2) is 5.51. The van der Waals surface area contributed by atoms with Crippen LogP contribution in [-0.4, -0.2) is 12.8 Å². The van der Waals surface area contributed by atoms with Crippen molar-refractivity contribution < 1.29 is 17.9 Å². The first-order valence-electron chi connectivity index (χ1n) is 6.12. The Balaban J connectivity index is 2.13. The van der Waals surface area contributed by atoms with Crippen LogP contribution in [-0.2, 0) is 0 Å². The summed E-state index contributed by atoms with van der Waals surface area (Å²) in [7, 11) is 0. The van der Waals surface area contributed by atoms with Crippen LogP contribution >= 0.6 is 0 Å². The van der Waals surface area contributed by atoms with Crippen molar-refractivity contribution in [3.63, 3.8) is 0 Å². The molecule has 0 fully saturated rings. The van der Waals surface area contributed by atoms with Crippen molar-refractivity contribution in [1.29, 1.82) is 0 Å². The third-order valence-electron chi connectivity index (χ3n) is 2.99. The number of halogens is 3. The lowest BCUT2D eigenvalue weighted by Gasteiger charge is -2.19. The third kappa shape index (κ3) is 3.63. The molecule has 0 saturated heterocycles. The Kier molecular flexibility index (Phi) is 3.98. The van der Waals surface area contributed by atoms with Crippen molar-refractivity contribution in [3.05, 3.63) is 53.1 Å². The van der Waals surface area contributed by atoms with Gasteiger partial charge < -0.3 is 4.74 Å². The molecule has 1 aromatic carbocycles. The Bertz CT molecular complexity index is 512. The van der Waals surface area contributed by atoms with Crippen LogP contribution in [0.2, 0.25) is 0 Å². The molecular formula is C15H15F3O. The summed E-state index contributed by atoms with van der Waals surface area (Å²) in [4.78, 5) is 0. The molecule has 0 N–H and O–H groups in total. The van der Waals surface area contributed by atoms with E-state index < -0.39 is 11.7 Å². The Hall–Kier alpha value is -1.71. The second-order valence-corrected chi connectivity index (χ2v) is 4.55. The molecule has 0 amide bonds. The zero-order chi connectivity index (χ0) is 13.9. The highest BCUT2D eigenvalue weighted by Gasteiger charge is 2.35. The van der Waals surface area contributed by atoms with Gasteiger partial charge in [-0.25, -0.2) is 0 Å². The molecule has 0 bridgehead atoms. The van der Waals surface area contributed by atoms with Crippen LogP contribution in [0.3, 0.4) is 0 Å². The number of allylic oxidation sites excluding steroid dienone is 2. The normalized spacial score (nSPS) is 15.8. The minimum Gasteiger partial charge on any atom is -0.489 e. The maximum Gasteiger partial charge on any atom is 0.413 e. The number of rotatable bonds is 3. The predicted octanol–water partition coefficient (Wildman–Crippen LogP) is 4.58. The van der Waals surface area contributed by atoms with Crippen molar-refractivity contribution in [2.24, 2.45) is 0 Å². The van der Waals surface area contributed by atoms with Crippen molar-refractivity contribution in [2.75, 3.05) is 6.61 Å². The van der Waals surface area contributed by atoms with E-state index in [4.69, 9.17) is 4.74 Å². The van der Waals surface area contributed by atoms with E-state index in [-0.39, 0.29) is 18.6 Å². The average Bonchev–Trinajstić information content (AvgIpc) is 2.36. The van der Waals surface area contributed by atoms with Gasteiger partial charge in [0.15, 0.2) is 0 Å². The maximum absolute atomic E-state index is 12.8. The van der Waals surface area contributed by atoms with Crippen molar-refractivity contribution in [1.82, 2.24) is 0 Å². The lowest BCUT2D eigenvalue weighted by Crippen LogP contribution is -2.18. The molecule has 0 aliphatic heterocycles. The van der Waals surface area contributed by atoms with E-state index in [1.54, 1.807) is 18.2 Å². The second-order valence-electron chi connectivity index (χ2n) is 4.55. The van der Waals surface area contributed by atoms with Gasteiger partial charge >= 0.3 is 6.18 Å². The number of aryl methyl sites for hydroxylation is 1. The first kappa shape index (κ1) is 13.7. The molecule has 0 aromatic heterocycles. The Morgan fingerprint density at radius 2 is 2.05 bits per heavy atom. The quantitative estimate of drug-likeness (QED) is 0.779. The van der Waals surface area contributed by atoms with Gasteiger partial charge in [-0.05, 0) is 43.0 Å². The highest BCUT2D eigenvalue weighted by Crippen LogP contribution is 2.34. The van der Waals surface area contributed by atoms with E-state index in [1.165, 1.54) is 6.08 Å². The van der Waals surface area contributed by atoms with Crippen LogP contribution in [0.15, 0.2) is 47.6 Å².